The summed E-state index contributed by atoms with van der Waals surface area (Å²) in [6, 6.07) is 6.18. The molecular weight excluding hydrogens is 254 g/mol. The predicted molar refractivity (Wildman–Crippen MR) is 74.1 cm³/mol. The number of benzene rings is 1. The summed E-state index contributed by atoms with van der Waals surface area (Å²) >= 11 is 0. The van der Waals surface area contributed by atoms with Crippen LogP contribution in [0.4, 0.5) is 5.69 Å². The third-order valence-corrected chi connectivity index (χ3v) is 3.43. The molecule has 0 spiro atoms. The van der Waals surface area contributed by atoms with Crippen LogP contribution in [-0.4, -0.2) is 26.7 Å². The Balaban J connectivity index is 1.71. The van der Waals surface area contributed by atoms with Gasteiger partial charge in [0.05, 0.1) is 0 Å². The van der Waals surface area contributed by atoms with Gasteiger partial charge in [-0.05, 0) is 36.6 Å². The summed E-state index contributed by atoms with van der Waals surface area (Å²) in [6.45, 7) is 1.04. The summed E-state index contributed by atoms with van der Waals surface area (Å²) in [4.78, 5) is 11.5. The van der Waals surface area contributed by atoms with Crippen molar-refractivity contribution in [2.45, 2.75) is 12.8 Å². The maximum absolute atomic E-state index is 5.32. The van der Waals surface area contributed by atoms with Crippen molar-refractivity contribution in [3.8, 4) is 23.1 Å². The number of H-pyrrole nitrogens is 1. The van der Waals surface area contributed by atoms with E-state index in [1.54, 1.807) is 12.4 Å². The minimum Gasteiger partial charge on any atom is -0.385 e. The van der Waals surface area contributed by atoms with Gasteiger partial charge in [-0.25, -0.2) is 4.98 Å². The average molecular weight is 267 g/mol. The summed E-state index contributed by atoms with van der Waals surface area (Å²) in [5, 5.41) is 7.34. The molecule has 0 fully saturated rings. The van der Waals surface area contributed by atoms with Crippen molar-refractivity contribution >= 4 is 5.69 Å². The molecule has 0 atom stereocenters. The number of nitrogens with zero attached hydrogens (tertiary/aromatic N) is 3. The topological polar surface area (TPSA) is 79.6 Å². The number of nitrogens with one attached hydrogen (secondary N) is 2. The Hall–Kier alpha value is -2.63. The molecule has 1 aliphatic heterocycles. The van der Waals surface area contributed by atoms with E-state index in [-0.39, 0.29) is 0 Å². The van der Waals surface area contributed by atoms with E-state index in [1.165, 1.54) is 11.3 Å². The molecule has 0 radical (unpaired) electrons. The molecular formula is C14H13N5O. The lowest BCUT2D eigenvalue weighted by Crippen LogP contribution is -2.11. The van der Waals surface area contributed by atoms with E-state index in [0.717, 1.165) is 24.9 Å². The molecule has 2 N–H and O–H groups in total. The fourth-order valence-electron chi connectivity index (χ4n) is 2.43. The van der Waals surface area contributed by atoms with E-state index in [1.807, 2.05) is 6.07 Å². The van der Waals surface area contributed by atoms with E-state index in [9.17, 15) is 0 Å². The van der Waals surface area contributed by atoms with Crippen LogP contribution in [0.3, 0.4) is 0 Å². The van der Waals surface area contributed by atoms with Crippen LogP contribution in [0.25, 0.3) is 23.1 Å². The van der Waals surface area contributed by atoms with E-state index in [4.69, 9.17) is 4.52 Å². The summed E-state index contributed by atoms with van der Waals surface area (Å²) in [5.74, 6) is 1.60. The first kappa shape index (κ1) is 11.2. The Morgan fingerprint density at radius 2 is 2.25 bits per heavy atom. The van der Waals surface area contributed by atoms with Gasteiger partial charge in [-0.1, -0.05) is 5.16 Å². The van der Waals surface area contributed by atoms with E-state index < -0.39 is 0 Å². The van der Waals surface area contributed by atoms with E-state index >= 15 is 0 Å². The number of aromatic amines is 1. The molecule has 20 heavy (non-hydrogen) atoms. The first-order valence-corrected chi connectivity index (χ1v) is 6.61. The van der Waals surface area contributed by atoms with E-state index in [2.05, 4.69) is 37.6 Å². The van der Waals surface area contributed by atoms with Crippen molar-refractivity contribution in [2.24, 2.45) is 0 Å². The Bertz CT molecular complexity index is 732. The molecule has 4 rings (SSSR count). The highest BCUT2D eigenvalue weighted by Crippen LogP contribution is 2.28. The lowest BCUT2D eigenvalue weighted by atomic mass is 10.0. The first-order chi connectivity index (χ1) is 9.90. The number of aryl methyl sites for hydroxylation is 1. The molecule has 0 saturated carbocycles. The minimum atomic E-state index is 0.473. The first-order valence-electron chi connectivity index (χ1n) is 6.61. The van der Waals surface area contributed by atoms with Crippen molar-refractivity contribution in [3.05, 3.63) is 36.2 Å². The van der Waals surface area contributed by atoms with Crippen LogP contribution in [0.2, 0.25) is 0 Å². The third-order valence-electron chi connectivity index (χ3n) is 3.43. The summed E-state index contributed by atoms with van der Waals surface area (Å²) in [7, 11) is 0. The standard InChI is InChI=1S/C14H13N5O/c1-2-9-8-10(3-4-11(9)15-5-1)14-18-13(19-20-14)12-16-6-7-17-12/h3-4,6-8,15H,1-2,5H2,(H,16,17). The van der Waals surface area contributed by atoms with Crippen LogP contribution in [0.5, 0.6) is 0 Å². The van der Waals surface area contributed by atoms with Gasteiger partial charge < -0.3 is 14.8 Å². The number of anilines is 1. The van der Waals surface area contributed by atoms with Crippen LogP contribution >= 0.6 is 0 Å². The Morgan fingerprint density at radius 3 is 3.15 bits per heavy atom. The maximum atomic E-state index is 5.32. The minimum absolute atomic E-state index is 0.473. The lowest BCUT2D eigenvalue weighted by Gasteiger charge is -2.17. The second-order valence-corrected chi connectivity index (χ2v) is 4.76. The zero-order valence-corrected chi connectivity index (χ0v) is 10.8. The molecule has 6 heteroatoms. The zero-order chi connectivity index (χ0) is 13.4. The number of hydrogen-bond donors (Lipinski definition) is 2. The maximum Gasteiger partial charge on any atom is 0.258 e. The number of hydrogen-bond acceptors (Lipinski definition) is 5. The SMILES string of the molecule is c1c[nH]c(-c2noc(-c3ccc4c(c3)CCCN4)n2)n1. The predicted octanol–water partition coefficient (Wildman–Crippen LogP) is 2.48. The highest BCUT2D eigenvalue weighted by molar-refractivity contribution is 5.64. The molecule has 1 aromatic carbocycles. The quantitative estimate of drug-likeness (QED) is 0.745. The number of fused-ring (bicyclic) bond motifs is 1. The molecule has 3 heterocycles. The van der Waals surface area contributed by atoms with E-state index in [0.29, 0.717) is 17.5 Å². The third kappa shape index (κ3) is 1.85. The van der Waals surface area contributed by atoms with Gasteiger partial charge in [0, 0.05) is 30.2 Å². The Labute approximate surface area is 115 Å². The number of rotatable bonds is 2. The van der Waals surface area contributed by atoms with Crippen LogP contribution in [-0.2, 0) is 6.42 Å². The molecule has 3 aromatic rings. The fourth-order valence-corrected chi connectivity index (χ4v) is 2.43. The summed E-state index contributed by atoms with van der Waals surface area (Å²) in [6.07, 6.45) is 5.62. The molecule has 0 aliphatic carbocycles. The molecule has 0 bridgehead atoms. The smallest absolute Gasteiger partial charge is 0.258 e. The van der Waals surface area contributed by atoms with Crippen molar-refractivity contribution in [1.29, 1.82) is 0 Å². The molecule has 6 nitrogen and oxygen atoms in total. The molecule has 100 valence electrons. The molecule has 0 amide bonds. The number of imidazole rings is 1. The van der Waals surface area contributed by atoms with Crippen molar-refractivity contribution in [2.75, 3.05) is 11.9 Å². The van der Waals surface area contributed by atoms with Crippen molar-refractivity contribution < 1.29 is 4.52 Å². The lowest BCUT2D eigenvalue weighted by molar-refractivity contribution is 0.432. The van der Waals surface area contributed by atoms with Gasteiger partial charge in [0.15, 0.2) is 5.82 Å². The second kappa shape index (κ2) is 4.48. The van der Waals surface area contributed by atoms with Gasteiger partial charge >= 0.3 is 0 Å². The normalized spacial score (nSPS) is 13.8. The van der Waals surface area contributed by atoms with Crippen LogP contribution < -0.4 is 5.32 Å². The van der Waals surface area contributed by atoms with Gasteiger partial charge in [-0.15, -0.1) is 0 Å². The fraction of sp³-hybridized carbons (Fsp3) is 0.214. The molecule has 0 unspecified atom stereocenters. The second-order valence-electron chi connectivity index (χ2n) is 4.76. The van der Waals surface area contributed by atoms with Gasteiger partial charge in [0.1, 0.15) is 0 Å². The molecule has 2 aromatic heterocycles. The van der Waals surface area contributed by atoms with Gasteiger partial charge in [0.2, 0.25) is 5.82 Å². The summed E-state index contributed by atoms with van der Waals surface area (Å²) < 4.78 is 5.32. The Kier molecular flexibility index (Phi) is 2.51. The van der Waals surface area contributed by atoms with Crippen LogP contribution in [0.15, 0.2) is 35.1 Å². The summed E-state index contributed by atoms with van der Waals surface area (Å²) in [5.41, 5.74) is 3.44. The van der Waals surface area contributed by atoms with Crippen molar-refractivity contribution in [3.63, 3.8) is 0 Å². The van der Waals surface area contributed by atoms with Crippen LogP contribution in [0, 0.1) is 0 Å². The zero-order valence-electron chi connectivity index (χ0n) is 10.8. The van der Waals surface area contributed by atoms with Crippen molar-refractivity contribution in [1.82, 2.24) is 20.1 Å². The molecule has 0 saturated heterocycles. The van der Waals surface area contributed by atoms with Crippen LogP contribution in [0.1, 0.15) is 12.0 Å². The highest BCUT2D eigenvalue weighted by Gasteiger charge is 2.15. The average Bonchev–Trinajstić information content (AvgIpc) is 3.17. The van der Waals surface area contributed by atoms with Gasteiger partial charge in [0.25, 0.3) is 5.89 Å². The highest BCUT2D eigenvalue weighted by atomic mass is 16.5. The monoisotopic (exact) mass is 267 g/mol. The molecule has 1 aliphatic rings. The van der Waals surface area contributed by atoms with Gasteiger partial charge in [-0.2, -0.15) is 4.98 Å². The largest absolute Gasteiger partial charge is 0.385 e. The van der Waals surface area contributed by atoms with Gasteiger partial charge in [-0.3, -0.25) is 0 Å². The number of aromatic nitrogens is 4. The Morgan fingerprint density at radius 1 is 1.25 bits per heavy atom.